The van der Waals surface area contributed by atoms with Gasteiger partial charge < -0.3 is 20.3 Å². The van der Waals surface area contributed by atoms with Gasteiger partial charge in [-0.2, -0.15) is 8.78 Å². The molecule has 0 saturated heterocycles. The average molecular weight is 289 g/mol. The summed E-state index contributed by atoms with van der Waals surface area (Å²) in [6.07, 6.45) is 0.539. The van der Waals surface area contributed by atoms with Gasteiger partial charge in [0.2, 0.25) is 0 Å². The lowest BCUT2D eigenvalue weighted by Crippen LogP contribution is -2.52. The van der Waals surface area contributed by atoms with Crippen LogP contribution in [0.3, 0.4) is 0 Å². The monoisotopic (exact) mass is 289 g/mol. The Morgan fingerprint density at radius 3 is 2.45 bits per heavy atom. The summed E-state index contributed by atoms with van der Waals surface area (Å²) in [5.41, 5.74) is -0.0539. The summed E-state index contributed by atoms with van der Waals surface area (Å²) in [4.78, 5) is 0. The van der Waals surface area contributed by atoms with Crippen LogP contribution in [-0.4, -0.2) is 35.6 Å². The predicted molar refractivity (Wildman–Crippen MR) is 71.8 cm³/mol. The van der Waals surface area contributed by atoms with Gasteiger partial charge in [-0.25, -0.2) is 0 Å². The number of alkyl halides is 2. The number of benzene rings is 1. The minimum Gasteiger partial charge on any atom is -0.435 e. The third-order valence-corrected chi connectivity index (χ3v) is 3.39. The zero-order chi connectivity index (χ0) is 15.2. The lowest BCUT2D eigenvalue weighted by atomic mass is 9.95. The molecule has 0 aliphatic rings. The Morgan fingerprint density at radius 2 is 1.95 bits per heavy atom. The molecule has 0 spiro atoms. The molecule has 0 bridgehead atoms. The Kier molecular flexibility index (Phi) is 6.32. The number of aliphatic hydroxyl groups excluding tert-OH is 2. The third kappa shape index (κ3) is 4.40. The van der Waals surface area contributed by atoms with E-state index < -0.39 is 12.2 Å². The highest BCUT2D eigenvalue weighted by atomic mass is 19.3. The van der Waals surface area contributed by atoms with Gasteiger partial charge >= 0.3 is 6.61 Å². The first-order valence-corrected chi connectivity index (χ1v) is 6.50. The molecule has 0 aliphatic heterocycles. The molecule has 1 unspecified atom stereocenters. The van der Waals surface area contributed by atoms with E-state index in [1.807, 2.05) is 13.8 Å². The van der Waals surface area contributed by atoms with Gasteiger partial charge in [0.05, 0.1) is 18.8 Å². The first-order chi connectivity index (χ1) is 9.46. The van der Waals surface area contributed by atoms with Gasteiger partial charge in [0.15, 0.2) is 0 Å². The second-order valence-electron chi connectivity index (χ2n) is 4.77. The molecule has 1 aromatic rings. The largest absolute Gasteiger partial charge is 0.435 e. The van der Waals surface area contributed by atoms with E-state index in [0.717, 1.165) is 5.56 Å². The molecule has 0 amide bonds. The van der Waals surface area contributed by atoms with Gasteiger partial charge in [-0.1, -0.05) is 19.1 Å². The maximum absolute atomic E-state index is 12.2. The van der Waals surface area contributed by atoms with E-state index in [9.17, 15) is 19.0 Å². The highest BCUT2D eigenvalue weighted by Crippen LogP contribution is 2.23. The van der Waals surface area contributed by atoms with Crippen molar-refractivity contribution >= 4 is 0 Å². The normalized spacial score (nSPS) is 13.6. The quantitative estimate of drug-likeness (QED) is 0.685. The fourth-order valence-corrected chi connectivity index (χ4v) is 1.97. The van der Waals surface area contributed by atoms with Crippen LogP contribution in [0, 0.1) is 0 Å². The summed E-state index contributed by atoms with van der Waals surface area (Å²) < 4.78 is 28.7. The van der Waals surface area contributed by atoms with E-state index in [4.69, 9.17) is 0 Å². The Balaban J connectivity index is 2.83. The molecule has 0 saturated carbocycles. The van der Waals surface area contributed by atoms with Crippen molar-refractivity contribution in [3.05, 3.63) is 29.8 Å². The highest BCUT2D eigenvalue weighted by molar-refractivity contribution is 5.30. The van der Waals surface area contributed by atoms with E-state index in [2.05, 4.69) is 10.1 Å². The summed E-state index contributed by atoms with van der Waals surface area (Å²) in [6, 6.07) is 6.13. The van der Waals surface area contributed by atoms with Gasteiger partial charge in [0.1, 0.15) is 5.75 Å². The number of nitrogens with one attached hydrogen (secondary N) is 1. The molecule has 0 aromatic heterocycles. The van der Waals surface area contributed by atoms with E-state index in [1.165, 1.54) is 12.1 Å². The number of hydrogen-bond donors (Lipinski definition) is 3. The molecule has 3 N–H and O–H groups in total. The van der Waals surface area contributed by atoms with Crippen LogP contribution in [0.5, 0.6) is 5.75 Å². The molecule has 20 heavy (non-hydrogen) atoms. The summed E-state index contributed by atoms with van der Waals surface area (Å²) in [7, 11) is 0. The molecule has 0 radical (unpaired) electrons. The first-order valence-electron chi connectivity index (χ1n) is 6.50. The van der Waals surface area contributed by atoms with Gasteiger partial charge in [-0.3, -0.25) is 0 Å². The van der Waals surface area contributed by atoms with E-state index in [1.54, 1.807) is 12.1 Å². The molecule has 0 aliphatic carbocycles. The zero-order valence-corrected chi connectivity index (χ0v) is 11.6. The average Bonchev–Trinajstić information content (AvgIpc) is 2.44. The van der Waals surface area contributed by atoms with Crippen LogP contribution in [0.15, 0.2) is 24.3 Å². The maximum Gasteiger partial charge on any atom is 0.387 e. The number of aliphatic hydroxyl groups is 2. The van der Waals surface area contributed by atoms with Crippen molar-refractivity contribution in [1.82, 2.24) is 5.32 Å². The van der Waals surface area contributed by atoms with Crippen molar-refractivity contribution in [2.75, 3.05) is 13.2 Å². The fraction of sp³-hybridized carbons (Fsp3) is 0.571. The third-order valence-electron chi connectivity index (χ3n) is 3.39. The van der Waals surface area contributed by atoms with Crippen LogP contribution < -0.4 is 10.1 Å². The molecule has 4 nitrogen and oxygen atoms in total. The van der Waals surface area contributed by atoms with Crippen molar-refractivity contribution < 1.29 is 23.7 Å². The number of hydrogen-bond acceptors (Lipinski definition) is 4. The molecule has 6 heteroatoms. The Labute approximate surface area is 117 Å². The lowest BCUT2D eigenvalue weighted by molar-refractivity contribution is -0.0499. The van der Waals surface area contributed by atoms with Crippen molar-refractivity contribution in [2.45, 2.75) is 38.5 Å². The first kappa shape index (κ1) is 16.8. The highest BCUT2D eigenvalue weighted by Gasteiger charge is 2.28. The SMILES string of the molecule is CCC(CO)(CO)NC(C)c1cccc(OC(F)F)c1. The molecule has 1 atom stereocenters. The summed E-state index contributed by atoms with van der Waals surface area (Å²) in [6.45, 7) is 0.396. The van der Waals surface area contributed by atoms with Gasteiger partial charge in [-0.15, -0.1) is 0 Å². The van der Waals surface area contributed by atoms with E-state index in [-0.39, 0.29) is 25.0 Å². The molecule has 0 fully saturated rings. The summed E-state index contributed by atoms with van der Waals surface area (Å²) in [5, 5.41) is 21.9. The second-order valence-corrected chi connectivity index (χ2v) is 4.77. The van der Waals surface area contributed by atoms with Crippen molar-refractivity contribution in [3.8, 4) is 5.75 Å². The second kappa shape index (κ2) is 7.52. The fourth-order valence-electron chi connectivity index (χ4n) is 1.97. The molecule has 1 rings (SSSR count). The lowest BCUT2D eigenvalue weighted by Gasteiger charge is -2.33. The minimum atomic E-state index is -2.86. The Hall–Kier alpha value is -1.24. The van der Waals surface area contributed by atoms with Gasteiger partial charge in [0, 0.05) is 6.04 Å². The van der Waals surface area contributed by atoms with Crippen molar-refractivity contribution in [3.63, 3.8) is 0 Å². The van der Waals surface area contributed by atoms with Crippen LogP contribution in [0.1, 0.15) is 31.9 Å². The van der Waals surface area contributed by atoms with Crippen LogP contribution >= 0.6 is 0 Å². The van der Waals surface area contributed by atoms with Crippen molar-refractivity contribution in [2.24, 2.45) is 0 Å². The summed E-state index contributed by atoms with van der Waals surface area (Å²) in [5.74, 6) is 0.0845. The molecular weight excluding hydrogens is 268 g/mol. The summed E-state index contributed by atoms with van der Waals surface area (Å²) >= 11 is 0. The molecule has 0 heterocycles. The zero-order valence-electron chi connectivity index (χ0n) is 11.6. The van der Waals surface area contributed by atoms with Crippen LogP contribution in [0.4, 0.5) is 8.78 Å². The standard InChI is InChI=1S/C14H21F2NO3/c1-3-14(8-18,9-19)17-10(2)11-5-4-6-12(7-11)20-13(15)16/h4-7,10,13,17-19H,3,8-9H2,1-2H3. The molecular formula is C14H21F2NO3. The minimum absolute atomic E-state index is 0.0845. The molecule has 114 valence electrons. The van der Waals surface area contributed by atoms with Crippen LogP contribution in [0.2, 0.25) is 0 Å². The topological polar surface area (TPSA) is 61.7 Å². The number of rotatable bonds is 8. The van der Waals surface area contributed by atoms with Gasteiger partial charge in [0.25, 0.3) is 0 Å². The number of ether oxygens (including phenoxy) is 1. The smallest absolute Gasteiger partial charge is 0.387 e. The maximum atomic E-state index is 12.2. The van der Waals surface area contributed by atoms with Crippen molar-refractivity contribution in [1.29, 1.82) is 0 Å². The predicted octanol–water partition coefficient (Wildman–Crippen LogP) is 2.07. The van der Waals surface area contributed by atoms with Gasteiger partial charge in [-0.05, 0) is 31.0 Å². The van der Waals surface area contributed by atoms with Crippen LogP contribution in [0.25, 0.3) is 0 Å². The Bertz CT molecular complexity index is 403. The van der Waals surface area contributed by atoms with E-state index in [0.29, 0.717) is 6.42 Å². The molecule has 1 aromatic carbocycles. The Morgan fingerprint density at radius 1 is 1.30 bits per heavy atom. The van der Waals surface area contributed by atoms with E-state index >= 15 is 0 Å². The number of halogens is 2. The van der Waals surface area contributed by atoms with Crippen LogP contribution in [-0.2, 0) is 0 Å².